The van der Waals surface area contributed by atoms with Gasteiger partial charge in [-0.25, -0.2) is 0 Å². The molecule has 1 aliphatic heterocycles. The SMILES string of the molecule is C[S+](C)CCC1N=C([O-])NC1=O.I. The van der Waals surface area contributed by atoms with Crippen molar-refractivity contribution in [1.29, 1.82) is 0 Å². The number of hydrogen-bond donors (Lipinski definition) is 1. The molecule has 0 spiro atoms. The molecule has 0 bridgehead atoms. The number of rotatable bonds is 3. The zero-order chi connectivity index (χ0) is 9.14. The lowest BCUT2D eigenvalue weighted by Crippen LogP contribution is -2.35. The Morgan fingerprint density at radius 1 is 1.62 bits per heavy atom. The molecule has 1 amide bonds. The summed E-state index contributed by atoms with van der Waals surface area (Å²) in [5.74, 6) is 0.708. The van der Waals surface area contributed by atoms with Crippen molar-refractivity contribution in [3.63, 3.8) is 0 Å². The summed E-state index contributed by atoms with van der Waals surface area (Å²) in [4.78, 5) is 14.6. The van der Waals surface area contributed by atoms with Gasteiger partial charge in [0.1, 0.15) is 11.8 Å². The molecule has 1 heterocycles. The Hall–Kier alpha value is 0.0200. The Morgan fingerprint density at radius 3 is 2.62 bits per heavy atom. The van der Waals surface area contributed by atoms with E-state index in [1.165, 1.54) is 0 Å². The molecule has 0 fully saturated rings. The first-order valence-corrected chi connectivity index (χ1v) is 5.90. The van der Waals surface area contributed by atoms with Gasteiger partial charge in [-0.2, -0.15) is 0 Å². The number of nitrogens with one attached hydrogen (secondary N) is 1. The second-order valence-electron chi connectivity index (χ2n) is 2.92. The molecular formula is C7H13IN2O2S. The number of carbonyl (C=O) groups excluding carboxylic acids is 1. The largest absolute Gasteiger partial charge is 0.846 e. The highest BCUT2D eigenvalue weighted by molar-refractivity contribution is 14.0. The van der Waals surface area contributed by atoms with E-state index in [0.717, 1.165) is 5.75 Å². The van der Waals surface area contributed by atoms with Gasteiger partial charge >= 0.3 is 0 Å². The number of amides is 1. The fraction of sp³-hybridized carbons (Fsp3) is 0.714. The number of aliphatic imine (C=N–C) groups is 1. The summed E-state index contributed by atoms with van der Waals surface area (Å²) in [5.41, 5.74) is 0. The topological polar surface area (TPSA) is 64.5 Å². The zero-order valence-corrected chi connectivity index (χ0v) is 10.7. The summed E-state index contributed by atoms with van der Waals surface area (Å²) in [7, 11) is 0.311. The molecule has 0 aliphatic carbocycles. The van der Waals surface area contributed by atoms with Crippen LogP contribution in [0, 0.1) is 0 Å². The molecule has 0 aromatic heterocycles. The Kier molecular flexibility index (Phi) is 5.70. The van der Waals surface area contributed by atoms with E-state index in [4.69, 9.17) is 0 Å². The second-order valence-corrected chi connectivity index (χ2v) is 5.30. The van der Waals surface area contributed by atoms with Crippen LogP contribution in [-0.4, -0.2) is 36.2 Å². The van der Waals surface area contributed by atoms with E-state index in [2.05, 4.69) is 22.8 Å². The molecule has 4 nitrogen and oxygen atoms in total. The van der Waals surface area contributed by atoms with Crippen LogP contribution in [0.25, 0.3) is 0 Å². The van der Waals surface area contributed by atoms with E-state index in [1.807, 2.05) is 0 Å². The van der Waals surface area contributed by atoms with E-state index >= 15 is 0 Å². The van der Waals surface area contributed by atoms with Gasteiger partial charge in [0, 0.05) is 6.42 Å². The van der Waals surface area contributed by atoms with E-state index in [1.54, 1.807) is 0 Å². The lowest BCUT2D eigenvalue weighted by Gasteiger charge is -2.01. The summed E-state index contributed by atoms with van der Waals surface area (Å²) in [6.07, 6.45) is 4.90. The molecule has 0 saturated carbocycles. The second kappa shape index (κ2) is 5.69. The van der Waals surface area contributed by atoms with Crippen molar-refractivity contribution < 1.29 is 9.90 Å². The molecule has 1 rings (SSSR count). The number of nitrogens with zero attached hydrogens (tertiary/aromatic N) is 1. The van der Waals surface area contributed by atoms with E-state index in [0.29, 0.717) is 17.3 Å². The van der Waals surface area contributed by atoms with Gasteiger partial charge in [0.05, 0.1) is 18.5 Å². The third kappa shape index (κ3) is 4.17. The highest BCUT2D eigenvalue weighted by Crippen LogP contribution is 2.05. The van der Waals surface area contributed by atoms with Crippen molar-refractivity contribution in [2.24, 2.45) is 4.99 Å². The summed E-state index contributed by atoms with van der Waals surface area (Å²) in [5, 5.41) is 12.8. The summed E-state index contributed by atoms with van der Waals surface area (Å²) in [6, 6.07) is -0.913. The smallest absolute Gasteiger partial charge is 0.249 e. The maximum atomic E-state index is 11.0. The minimum absolute atomic E-state index is 0. The third-order valence-corrected chi connectivity index (χ3v) is 2.66. The Bertz CT molecular complexity index is 221. The van der Waals surface area contributed by atoms with Crippen molar-refractivity contribution in [1.82, 2.24) is 5.32 Å². The van der Waals surface area contributed by atoms with Crippen molar-refractivity contribution in [2.45, 2.75) is 12.5 Å². The van der Waals surface area contributed by atoms with Crippen molar-refractivity contribution in [3.8, 4) is 0 Å². The van der Waals surface area contributed by atoms with Crippen molar-refractivity contribution in [3.05, 3.63) is 0 Å². The van der Waals surface area contributed by atoms with Crippen molar-refractivity contribution in [2.75, 3.05) is 18.3 Å². The average Bonchev–Trinajstić information content (AvgIpc) is 2.26. The minimum Gasteiger partial charge on any atom is -0.846 e. The predicted octanol–water partition coefficient (Wildman–Crippen LogP) is -0.913. The predicted molar refractivity (Wildman–Crippen MR) is 63.5 cm³/mol. The Morgan fingerprint density at radius 2 is 2.23 bits per heavy atom. The van der Waals surface area contributed by atoms with Gasteiger partial charge in [-0.1, -0.05) is 0 Å². The maximum Gasteiger partial charge on any atom is 0.249 e. The molecule has 0 saturated heterocycles. The van der Waals surface area contributed by atoms with Crippen LogP contribution < -0.4 is 10.4 Å². The monoisotopic (exact) mass is 316 g/mol. The van der Waals surface area contributed by atoms with Crippen LogP contribution in [0.4, 0.5) is 0 Å². The molecule has 13 heavy (non-hydrogen) atoms. The maximum absolute atomic E-state index is 11.0. The highest BCUT2D eigenvalue weighted by Gasteiger charge is 2.23. The lowest BCUT2D eigenvalue weighted by atomic mass is 10.2. The third-order valence-electron chi connectivity index (χ3n) is 1.61. The van der Waals surface area contributed by atoms with Crippen LogP contribution in [0.2, 0.25) is 0 Å². The van der Waals surface area contributed by atoms with Gasteiger partial charge in [0.25, 0.3) is 0 Å². The molecule has 0 radical (unpaired) electrons. The van der Waals surface area contributed by atoms with Crippen molar-refractivity contribution >= 4 is 46.8 Å². The molecule has 1 aliphatic rings. The quantitative estimate of drug-likeness (QED) is 0.541. The van der Waals surface area contributed by atoms with Crippen LogP contribution in [0.1, 0.15) is 6.42 Å². The normalized spacial score (nSPS) is 21.0. The number of carbonyl (C=O) groups is 1. The molecule has 76 valence electrons. The molecule has 6 heteroatoms. The molecule has 1 unspecified atom stereocenters. The van der Waals surface area contributed by atoms with E-state index in [-0.39, 0.29) is 29.9 Å². The molecule has 1 atom stereocenters. The Balaban J connectivity index is 0.00000144. The van der Waals surface area contributed by atoms with Crippen LogP contribution >= 0.6 is 24.0 Å². The number of hydrogen-bond acceptors (Lipinski definition) is 3. The summed E-state index contributed by atoms with van der Waals surface area (Å²) in [6.45, 7) is 0. The first kappa shape index (κ1) is 13.0. The standard InChI is InChI=1S/C7H12N2O2S.HI/c1-12(2)4-3-5-6(10)9-7(11)8-5;/h5H,3-4H2,1-2H3,(H-,8,9,10,11);1H. The van der Waals surface area contributed by atoms with E-state index in [9.17, 15) is 9.90 Å². The molecule has 0 aromatic carbocycles. The van der Waals surface area contributed by atoms with Crippen LogP contribution in [0.15, 0.2) is 4.99 Å². The van der Waals surface area contributed by atoms with Crippen LogP contribution in [-0.2, 0) is 15.7 Å². The van der Waals surface area contributed by atoms with Gasteiger partial charge in [-0.3, -0.25) is 9.79 Å². The average molecular weight is 316 g/mol. The first-order chi connectivity index (χ1) is 5.59. The van der Waals surface area contributed by atoms with Gasteiger partial charge in [0.15, 0.2) is 0 Å². The van der Waals surface area contributed by atoms with Crippen LogP contribution in [0.3, 0.4) is 0 Å². The fourth-order valence-corrected chi connectivity index (χ4v) is 1.66. The lowest BCUT2D eigenvalue weighted by molar-refractivity contribution is -0.220. The zero-order valence-electron chi connectivity index (χ0n) is 7.57. The van der Waals surface area contributed by atoms with Gasteiger partial charge in [-0.15, -0.1) is 24.0 Å². The van der Waals surface area contributed by atoms with Gasteiger partial charge < -0.3 is 10.4 Å². The Labute approximate surface area is 97.6 Å². The van der Waals surface area contributed by atoms with Gasteiger partial charge in [0.2, 0.25) is 5.91 Å². The molecular weight excluding hydrogens is 303 g/mol. The molecule has 1 N–H and O–H groups in total. The fourth-order valence-electron chi connectivity index (χ4n) is 0.964. The molecule has 0 aromatic rings. The summed E-state index contributed by atoms with van der Waals surface area (Å²) < 4.78 is 0. The number of amidine groups is 1. The first-order valence-electron chi connectivity index (χ1n) is 3.69. The van der Waals surface area contributed by atoms with Gasteiger partial charge in [-0.05, 0) is 10.9 Å². The van der Waals surface area contributed by atoms with E-state index < -0.39 is 12.1 Å². The van der Waals surface area contributed by atoms with Crippen LogP contribution in [0.5, 0.6) is 0 Å². The summed E-state index contributed by atoms with van der Waals surface area (Å²) >= 11 is 0. The highest BCUT2D eigenvalue weighted by atomic mass is 127. The minimum atomic E-state index is -0.489. The number of halogens is 1.